The second kappa shape index (κ2) is 3.98. The van der Waals surface area contributed by atoms with E-state index in [1.54, 1.807) is 13.8 Å². The summed E-state index contributed by atoms with van der Waals surface area (Å²) in [7, 11) is 1.46. The number of urea groups is 1. The molecule has 0 heterocycles. The van der Waals surface area contributed by atoms with E-state index in [9.17, 15) is 4.79 Å². The number of nitrogens with one attached hydrogen (secondary N) is 1. The van der Waals surface area contributed by atoms with Gasteiger partial charge < -0.3 is 5.32 Å². The third-order valence-corrected chi connectivity index (χ3v) is 1.50. The van der Waals surface area contributed by atoms with Crippen LogP contribution >= 0.6 is 0 Å². The minimum Gasteiger partial charge on any atom is -0.339 e. The van der Waals surface area contributed by atoms with Crippen LogP contribution in [0.5, 0.6) is 0 Å². The Balaban J connectivity index is 4.12. The van der Waals surface area contributed by atoms with Crippen molar-refractivity contribution in [3.63, 3.8) is 0 Å². The second-order valence-corrected chi connectivity index (χ2v) is 2.42. The van der Waals surface area contributed by atoms with Crippen LogP contribution in [0.15, 0.2) is 12.2 Å². The number of carbonyl (C=O) groups is 1. The summed E-state index contributed by atoms with van der Waals surface area (Å²) in [5.41, 5.74) is 0.732. The third-order valence-electron chi connectivity index (χ3n) is 1.50. The van der Waals surface area contributed by atoms with Crippen molar-refractivity contribution in [2.75, 3.05) is 7.05 Å². The molecule has 0 radical (unpaired) electrons. The molecule has 2 amide bonds. The van der Waals surface area contributed by atoms with E-state index in [1.165, 1.54) is 7.05 Å². The molecule has 64 valence electrons. The van der Waals surface area contributed by atoms with Gasteiger partial charge in [0.25, 0.3) is 0 Å². The van der Waals surface area contributed by atoms with Gasteiger partial charge in [0.1, 0.15) is 0 Å². The molecule has 0 aliphatic heterocycles. The fourth-order valence-electron chi connectivity index (χ4n) is 0.499. The summed E-state index contributed by atoms with van der Waals surface area (Å²) in [5, 5.41) is 12.0. The van der Waals surface area contributed by atoms with Gasteiger partial charge in [-0.1, -0.05) is 12.2 Å². The average molecular weight is 158 g/mol. The highest BCUT2D eigenvalue weighted by molar-refractivity contribution is 5.73. The Morgan fingerprint density at radius 3 is 2.45 bits per heavy atom. The van der Waals surface area contributed by atoms with Crippen molar-refractivity contribution in [3.05, 3.63) is 12.2 Å². The maximum atomic E-state index is 10.8. The molecule has 0 saturated carbocycles. The smallest absolute Gasteiger partial charge is 0.339 e. The van der Waals surface area contributed by atoms with E-state index < -0.39 is 6.03 Å². The zero-order valence-electron chi connectivity index (χ0n) is 7.09. The van der Waals surface area contributed by atoms with Crippen molar-refractivity contribution in [3.8, 4) is 0 Å². The lowest BCUT2D eigenvalue weighted by molar-refractivity contribution is -0.0620. The Morgan fingerprint density at radius 2 is 2.18 bits per heavy atom. The second-order valence-electron chi connectivity index (χ2n) is 2.42. The fourth-order valence-corrected chi connectivity index (χ4v) is 0.499. The van der Waals surface area contributed by atoms with Crippen LogP contribution in [-0.2, 0) is 0 Å². The van der Waals surface area contributed by atoms with Gasteiger partial charge in [-0.15, -0.1) is 0 Å². The van der Waals surface area contributed by atoms with Gasteiger partial charge in [0.2, 0.25) is 0 Å². The van der Waals surface area contributed by atoms with Crippen LogP contribution in [0.25, 0.3) is 0 Å². The van der Waals surface area contributed by atoms with Gasteiger partial charge in [0.15, 0.2) is 0 Å². The van der Waals surface area contributed by atoms with Crippen molar-refractivity contribution in [1.82, 2.24) is 10.4 Å². The fraction of sp³-hybridized carbons (Fsp3) is 0.571. The van der Waals surface area contributed by atoms with Crippen molar-refractivity contribution in [2.24, 2.45) is 0 Å². The van der Waals surface area contributed by atoms with Gasteiger partial charge >= 0.3 is 6.03 Å². The van der Waals surface area contributed by atoms with Crippen molar-refractivity contribution in [1.29, 1.82) is 0 Å². The van der Waals surface area contributed by atoms with Crippen LogP contribution in [-0.4, -0.2) is 29.4 Å². The number of hydrogen-bond donors (Lipinski definition) is 2. The molecule has 4 heteroatoms. The van der Waals surface area contributed by atoms with Crippen LogP contribution in [0.1, 0.15) is 13.8 Å². The predicted molar refractivity (Wildman–Crippen MR) is 42.4 cm³/mol. The molecule has 0 aromatic carbocycles. The molecule has 0 fully saturated rings. The summed E-state index contributed by atoms with van der Waals surface area (Å²) in [4.78, 5) is 10.8. The zero-order chi connectivity index (χ0) is 9.02. The summed E-state index contributed by atoms with van der Waals surface area (Å²) in [6, 6.07) is -0.879. The minimum absolute atomic E-state index is 0.352. The molecule has 2 N–H and O–H groups in total. The molecule has 0 aliphatic rings. The summed E-state index contributed by atoms with van der Waals surface area (Å²) >= 11 is 0. The topological polar surface area (TPSA) is 52.6 Å². The molecule has 1 atom stereocenters. The molecule has 0 aromatic rings. The predicted octanol–water partition coefficient (Wildman–Crippen LogP) is 0.982. The number of hydroxylamine groups is 2. The highest BCUT2D eigenvalue weighted by Crippen LogP contribution is 2.04. The lowest BCUT2D eigenvalue weighted by atomic mass is 10.2. The first-order valence-electron chi connectivity index (χ1n) is 3.36. The normalized spacial score (nSPS) is 12.0. The van der Waals surface area contributed by atoms with E-state index in [0.29, 0.717) is 5.06 Å². The summed E-state index contributed by atoms with van der Waals surface area (Å²) in [6.07, 6.45) is 0. The largest absolute Gasteiger partial charge is 0.341 e. The summed E-state index contributed by atoms with van der Waals surface area (Å²) in [6.45, 7) is 7.05. The van der Waals surface area contributed by atoms with Crippen LogP contribution < -0.4 is 5.32 Å². The first kappa shape index (κ1) is 9.97. The molecule has 0 saturated heterocycles. The molecule has 1 unspecified atom stereocenters. The molecule has 0 bridgehead atoms. The number of amides is 2. The number of nitrogens with zero attached hydrogens (tertiary/aromatic N) is 1. The molecule has 0 aromatic heterocycles. The quantitative estimate of drug-likeness (QED) is 0.357. The van der Waals surface area contributed by atoms with E-state index in [1.807, 2.05) is 0 Å². The van der Waals surface area contributed by atoms with E-state index >= 15 is 0 Å². The van der Waals surface area contributed by atoms with E-state index in [2.05, 4.69) is 11.9 Å². The van der Waals surface area contributed by atoms with E-state index in [-0.39, 0.29) is 6.04 Å². The molecule has 4 nitrogen and oxygen atoms in total. The molecular formula is C7H14N2O2. The number of hydrogen-bond acceptors (Lipinski definition) is 2. The van der Waals surface area contributed by atoms with Crippen LogP contribution in [0.2, 0.25) is 0 Å². The van der Waals surface area contributed by atoms with Gasteiger partial charge in [-0.25, -0.2) is 4.79 Å². The van der Waals surface area contributed by atoms with E-state index in [0.717, 1.165) is 5.57 Å². The Labute approximate surface area is 66.5 Å². The van der Waals surface area contributed by atoms with Gasteiger partial charge in [-0.2, -0.15) is 5.06 Å². The minimum atomic E-state index is -0.527. The first-order valence-corrected chi connectivity index (χ1v) is 3.36. The molecule has 0 spiro atoms. The van der Waals surface area contributed by atoms with Gasteiger partial charge in [0, 0.05) is 7.05 Å². The Kier molecular flexibility index (Phi) is 3.60. The monoisotopic (exact) mass is 158 g/mol. The Morgan fingerprint density at radius 1 is 1.73 bits per heavy atom. The van der Waals surface area contributed by atoms with Crippen LogP contribution in [0.4, 0.5) is 4.79 Å². The van der Waals surface area contributed by atoms with E-state index in [4.69, 9.17) is 5.21 Å². The van der Waals surface area contributed by atoms with Crippen molar-refractivity contribution >= 4 is 6.03 Å². The maximum absolute atomic E-state index is 10.8. The number of carbonyl (C=O) groups excluding carboxylic acids is 1. The Bertz CT molecular complexity index is 168. The standard InChI is InChI=1S/C7H14N2O2/c1-5(2)6(3)9(11)7(10)8-4/h6,11H,1H2,2-4H3,(H,8,10). The van der Waals surface area contributed by atoms with Crippen LogP contribution in [0.3, 0.4) is 0 Å². The maximum Gasteiger partial charge on any atom is 0.341 e. The number of rotatable bonds is 2. The Hall–Kier alpha value is -1.03. The SMILES string of the molecule is C=C(C)C(C)N(O)C(=O)NC. The molecule has 11 heavy (non-hydrogen) atoms. The molecule has 0 rings (SSSR count). The van der Waals surface area contributed by atoms with Crippen LogP contribution in [0, 0.1) is 0 Å². The highest BCUT2D eigenvalue weighted by atomic mass is 16.5. The van der Waals surface area contributed by atoms with Crippen molar-refractivity contribution < 1.29 is 10.0 Å². The average Bonchev–Trinajstić information content (AvgIpc) is 2.00. The third kappa shape index (κ3) is 2.59. The first-order chi connectivity index (χ1) is 5.00. The van der Waals surface area contributed by atoms with Gasteiger partial charge in [-0.3, -0.25) is 5.21 Å². The lowest BCUT2D eigenvalue weighted by Crippen LogP contribution is -2.41. The van der Waals surface area contributed by atoms with Crippen molar-refractivity contribution in [2.45, 2.75) is 19.9 Å². The zero-order valence-corrected chi connectivity index (χ0v) is 7.09. The molecule has 0 aliphatic carbocycles. The molecular weight excluding hydrogens is 144 g/mol. The lowest BCUT2D eigenvalue weighted by Gasteiger charge is -2.21. The summed E-state index contributed by atoms with van der Waals surface area (Å²) < 4.78 is 0. The summed E-state index contributed by atoms with van der Waals surface area (Å²) in [5.74, 6) is 0. The highest BCUT2D eigenvalue weighted by Gasteiger charge is 2.16. The van der Waals surface area contributed by atoms with Gasteiger partial charge in [-0.05, 0) is 13.8 Å². The van der Waals surface area contributed by atoms with Gasteiger partial charge in [0.05, 0.1) is 6.04 Å².